The summed E-state index contributed by atoms with van der Waals surface area (Å²) in [5, 5.41) is 0. The largest absolute Gasteiger partial charge is 0.370 e. The maximum Gasteiger partial charge on any atom is 0.218 e. The van der Waals surface area contributed by atoms with Crippen molar-refractivity contribution in [1.29, 1.82) is 0 Å². The molecule has 4 N–H and O–H groups in total. The van der Waals surface area contributed by atoms with Crippen LogP contribution in [-0.2, 0) is 9.59 Å². The van der Waals surface area contributed by atoms with Crippen LogP contribution in [0.3, 0.4) is 0 Å². The molecule has 18 heavy (non-hydrogen) atoms. The van der Waals surface area contributed by atoms with Crippen LogP contribution in [-0.4, -0.2) is 61.9 Å². The third-order valence-electron chi connectivity index (χ3n) is 2.81. The summed E-state index contributed by atoms with van der Waals surface area (Å²) in [7, 11) is 3.97. The zero-order valence-corrected chi connectivity index (χ0v) is 11.5. The molecule has 0 aromatic carbocycles. The molecule has 0 aliphatic carbocycles. The van der Waals surface area contributed by atoms with Gasteiger partial charge in [0.1, 0.15) is 0 Å². The van der Waals surface area contributed by atoms with E-state index in [-0.39, 0.29) is 11.8 Å². The number of rotatable bonds is 11. The Morgan fingerprint density at radius 3 is 1.39 bits per heavy atom. The van der Waals surface area contributed by atoms with E-state index in [4.69, 9.17) is 11.5 Å². The Kier molecular flexibility index (Phi) is 9.22. The van der Waals surface area contributed by atoms with Crippen molar-refractivity contribution >= 4 is 11.8 Å². The third kappa shape index (κ3) is 11.3. The van der Waals surface area contributed by atoms with Crippen molar-refractivity contribution in [2.45, 2.75) is 25.7 Å². The van der Waals surface area contributed by atoms with Crippen LogP contribution in [0.1, 0.15) is 25.7 Å². The van der Waals surface area contributed by atoms with Crippen LogP contribution >= 0.6 is 0 Å². The number of carbonyl (C=O) groups excluding carboxylic acids is 2. The van der Waals surface area contributed by atoms with Gasteiger partial charge in [-0.15, -0.1) is 0 Å². The van der Waals surface area contributed by atoms with E-state index in [1.165, 1.54) is 0 Å². The fourth-order valence-corrected chi connectivity index (χ4v) is 1.59. The zero-order chi connectivity index (χ0) is 14.0. The van der Waals surface area contributed by atoms with Crippen LogP contribution in [0.2, 0.25) is 0 Å². The normalized spacial score (nSPS) is 11.1. The molecule has 0 aromatic rings. The van der Waals surface area contributed by atoms with Crippen molar-refractivity contribution in [3.05, 3.63) is 0 Å². The Bertz CT molecular complexity index is 232. The van der Waals surface area contributed by atoms with Crippen molar-refractivity contribution in [1.82, 2.24) is 9.80 Å². The summed E-state index contributed by atoms with van der Waals surface area (Å²) in [5.41, 5.74) is 10.2. The van der Waals surface area contributed by atoms with E-state index in [9.17, 15) is 9.59 Å². The Balaban J connectivity index is 3.43. The van der Waals surface area contributed by atoms with Crippen LogP contribution in [0, 0.1) is 0 Å². The van der Waals surface area contributed by atoms with Crippen molar-refractivity contribution in [2.75, 3.05) is 40.3 Å². The maximum absolute atomic E-state index is 10.6. The highest BCUT2D eigenvalue weighted by molar-refractivity contribution is 5.74. The molecule has 0 aliphatic rings. The Morgan fingerprint density at radius 1 is 0.778 bits per heavy atom. The molecule has 0 heterocycles. The average Bonchev–Trinajstić information content (AvgIpc) is 2.29. The lowest BCUT2D eigenvalue weighted by molar-refractivity contribution is -0.119. The van der Waals surface area contributed by atoms with Crippen molar-refractivity contribution in [3.63, 3.8) is 0 Å². The van der Waals surface area contributed by atoms with E-state index in [2.05, 4.69) is 9.80 Å². The minimum atomic E-state index is -0.256. The molecule has 0 unspecified atom stereocenters. The summed E-state index contributed by atoms with van der Waals surface area (Å²) in [4.78, 5) is 25.4. The number of hydrogen-bond donors (Lipinski definition) is 2. The highest BCUT2D eigenvalue weighted by Crippen LogP contribution is 1.97. The Morgan fingerprint density at radius 2 is 1.11 bits per heavy atom. The fraction of sp³-hybridized carbons (Fsp3) is 0.833. The molecule has 0 spiro atoms. The molecule has 0 rings (SSSR count). The number of hydrogen-bond acceptors (Lipinski definition) is 4. The van der Waals surface area contributed by atoms with Crippen molar-refractivity contribution < 1.29 is 9.59 Å². The summed E-state index contributed by atoms with van der Waals surface area (Å²) in [6, 6.07) is 0. The van der Waals surface area contributed by atoms with Crippen LogP contribution in [0.25, 0.3) is 0 Å². The molecule has 0 atom stereocenters. The van der Waals surface area contributed by atoms with E-state index in [1.807, 2.05) is 14.1 Å². The summed E-state index contributed by atoms with van der Waals surface area (Å²) < 4.78 is 0. The first-order valence-electron chi connectivity index (χ1n) is 6.35. The molecular formula is C12H26N4O2. The molecule has 0 bridgehead atoms. The quantitative estimate of drug-likeness (QED) is 0.483. The second-order valence-corrected chi connectivity index (χ2v) is 4.75. The lowest BCUT2D eigenvalue weighted by Gasteiger charge is -2.18. The minimum absolute atomic E-state index is 0.256. The summed E-state index contributed by atoms with van der Waals surface area (Å²) in [5.74, 6) is -0.513. The molecule has 0 aromatic heterocycles. The number of amides is 2. The minimum Gasteiger partial charge on any atom is -0.370 e. The summed E-state index contributed by atoms with van der Waals surface area (Å²) in [6.07, 6.45) is 2.95. The SMILES string of the molecule is CN(CCCCN(C)CCC(N)=O)CCC(N)=O. The molecular weight excluding hydrogens is 232 g/mol. The van der Waals surface area contributed by atoms with Crippen molar-refractivity contribution in [3.8, 4) is 0 Å². The summed E-state index contributed by atoms with van der Waals surface area (Å²) >= 11 is 0. The third-order valence-corrected chi connectivity index (χ3v) is 2.81. The molecule has 0 radical (unpaired) electrons. The van der Waals surface area contributed by atoms with Gasteiger partial charge in [-0.1, -0.05) is 0 Å². The van der Waals surface area contributed by atoms with Gasteiger partial charge in [0.15, 0.2) is 0 Å². The molecule has 0 saturated heterocycles. The zero-order valence-electron chi connectivity index (χ0n) is 11.5. The monoisotopic (exact) mass is 258 g/mol. The number of carbonyl (C=O) groups is 2. The first kappa shape index (κ1) is 16.9. The first-order valence-corrected chi connectivity index (χ1v) is 6.35. The van der Waals surface area contributed by atoms with Gasteiger partial charge >= 0.3 is 0 Å². The van der Waals surface area contributed by atoms with Crippen LogP contribution in [0.5, 0.6) is 0 Å². The number of unbranched alkanes of at least 4 members (excludes halogenated alkanes) is 1. The fourth-order valence-electron chi connectivity index (χ4n) is 1.59. The first-order chi connectivity index (χ1) is 8.41. The van der Waals surface area contributed by atoms with Gasteiger partial charge < -0.3 is 21.3 Å². The van der Waals surface area contributed by atoms with Gasteiger partial charge in [-0.25, -0.2) is 0 Å². The van der Waals surface area contributed by atoms with Crippen LogP contribution in [0.4, 0.5) is 0 Å². The van der Waals surface area contributed by atoms with Gasteiger partial charge in [0.25, 0.3) is 0 Å². The van der Waals surface area contributed by atoms with Crippen LogP contribution < -0.4 is 11.5 Å². The molecule has 6 heteroatoms. The van der Waals surface area contributed by atoms with E-state index in [0.29, 0.717) is 25.9 Å². The number of nitrogens with zero attached hydrogens (tertiary/aromatic N) is 2. The van der Waals surface area contributed by atoms with Gasteiger partial charge in [0.2, 0.25) is 11.8 Å². The second kappa shape index (κ2) is 9.85. The molecule has 2 amide bonds. The highest BCUT2D eigenvalue weighted by Gasteiger charge is 2.03. The molecule has 0 fully saturated rings. The topological polar surface area (TPSA) is 92.7 Å². The van der Waals surface area contributed by atoms with Gasteiger partial charge in [-0.3, -0.25) is 9.59 Å². The van der Waals surface area contributed by atoms with Gasteiger partial charge in [-0.05, 0) is 40.0 Å². The molecule has 106 valence electrons. The van der Waals surface area contributed by atoms with Gasteiger partial charge in [0.05, 0.1) is 0 Å². The van der Waals surface area contributed by atoms with E-state index < -0.39 is 0 Å². The Hall–Kier alpha value is -1.14. The number of primary amides is 2. The number of nitrogens with two attached hydrogens (primary N) is 2. The predicted octanol–water partition coefficient (Wildman–Crippen LogP) is -0.619. The maximum atomic E-state index is 10.6. The average molecular weight is 258 g/mol. The van der Waals surface area contributed by atoms with E-state index >= 15 is 0 Å². The lowest BCUT2D eigenvalue weighted by Crippen LogP contribution is -2.27. The molecule has 0 aliphatic heterocycles. The van der Waals surface area contributed by atoms with E-state index in [0.717, 1.165) is 25.9 Å². The summed E-state index contributed by atoms with van der Waals surface area (Å²) in [6.45, 7) is 3.34. The van der Waals surface area contributed by atoms with E-state index in [1.54, 1.807) is 0 Å². The second-order valence-electron chi connectivity index (χ2n) is 4.75. The molecule has 0 saturated carbocycles. The Labute approximate surface area is 109 Å². The predicted molar refractivity (Wildman–Crippen MR) is 71.9 cm³/mol. The molecule has 6 nitrogen and oxygen atoms in total. The highest BCUT2D eigenvalue weighted by atomic mass is 16.1. The van der Waals surface area contributed by atoms with Gasteiger partial charge in [0, 0.05) is 25.9 Å². The smallest absolute Gasteiger partial charge is 0.218 e. The van der Waals surface area contributed by atoms with Crippen molar-refractivity contribution in [2.24, 2.45) is 11.5 Å². The van der Waals surface area contributed by atoms with Crippen LogP contribution in [0.15, 0.2) is 0 Å². The standard InChI is InChI=1S/C12H26N4O2/c1-15(9-5-11(13)17)7-3-4-8-16(2)10-6-12(14)18/h3-10H2,1-2H3,(H2,13,17)(H2,14,18). The lowest BCUT2D eigenvalue weighted by atomic mass is 10.2. The van der Waals surface area contributed by atoms with Gasteiger partial charge in [-0.2, -0.15) is 0 Å².